The second-order valence-electron chi connectivity index (χ2n) is 5.23. The molecule has 22 heavy (non-hydrogen) atoms. The van der Waals surface area contributed by atoms with Crippen LogP contribution in [-0.2, 0) is 19.0 Å². The SMILES string of the molecule is CCOCCCOC(=O)/C=C1\C=C(NCCCOC)CCC1. The first kappa shape index (κ1) is 18.7. The summed E-state index contributed by atoms with van der Waals surface area (Å²) in [5, 5.41) is 3.40. The van der Waals surface area contributed by atoms with Crippen LogP contribution in [0.25, 0.3) is 0 Å². The lowest BCUT2D eigenvalue weighted by molar-refractivity contribution is -0.138. The molecule has 0 fully saturated rings. The van der Waals surface area contributed by atoms with Crippen LogP contribution < -0.4 is 5.32 Å². The molecule has 0 aliphatic heterocycles. The molecule has 0 saturated heterocycles. The normalized spacial score (nSPS) is 16.5. The largest absolute Gasteiger partial charge is 0.462 e. The number of nitrogens with one attached hydrogen (secondary N) is 1. The van der Waals surface area contributed by atoms with Gasteiger partial charge >= 0.3 is 5.97 Å². The van der Waals surface area contributed by atoms with Crippen LogP contribution in [0.3, 0.4) is 0 Å². The molecule has 1 rings (SSSR count). The van der Waals surface area contributed by atoms with Crippen molar-refractivity contribution in [1.29, 1.82) is 0 Å². The van der Waals surface area contributed by atoms with E-state index in [1.54, 1.807) is 13.2 Å². The van der Waals surface area contributed by atoms with Crippen LogP contribution in [0.1, 0.15) is 39.0 Å². The summed E-state index contributed by atoms with van der Waals surface area (Å²) in [6, 6.07) is 0. The van der Waals surface area contributed by atoms with Gasteiger partial charge in [-0.25, -0.2) is 4.79 Å². The van der Waals surface area contributed by atoms with Gasteiger partial charge < -0.3 is 19.5 Å². The van der Waals surface area contributed by atoms with Gasteiger partial charge in [0.1, 0.15) is 0 Å². The standard InChI is InChI=1S/C17H29NO4/c1-3-21-11-6-12-22-17(19)14-15-7-4-8-16(13-15)18-9-5-10-20-2/h13-14,18H,3-12H2,1-2H3/b15-14-. The average molecular weight is 311 g/mol. The van der Waals surface area contributed by atoms with Gasteiger partial charge in [0.05, 0.1) is 6.61 Å². The van der Waals surface area contributed by atoms with E-state index in [2.05, 4.69) is 11.4 Å². The summed E-state index contributed by atoms with van der Waals surface area (Å²) in [6.45, 7) is 5.35. The highest BCUT2D eigenvalue weighted by Crippen LogP contribution is 2.20. The Morgan fingerprint density at radius 1 is 1.27 bits per heavy atom. The molecule has 0 amide bonds. The third-order valence-corrected chi connectivity index (χ3v) is 3.33. The van der Waals surface area contributed by atoms with Gasteiger partial charge in [-0.2, -0.15) is 0 Å². The molecule has 5 nitrogen and oxygen atoms in total. The van der Waals surface area contributed by atoms with E-state index < -0.39 is 0 Å². The molecular formula is C17H29NO4. The molecule has 0 spiro atoms. The summed E-state index contributed by atoms with van der Waals surface area (Å²) in [6.07, 6.45) is 8.42. The molecule has 0 aromatic rings. The van der Waals surface area contributed by atoms with Crippen molar-refractivity contribution in [2.75, 3.05) is 40.1 Å². The highest BCUT2D eigenvalue weighted by molar-refractivity contribution is 5.83. The topological polar surface area (TPSA) is 56.8 Å². The summed E-state index contributed by atoms with van der Waals surface area (Å²) < 4.78 is 15.4. The number of allylic oxidation sites excluding steroid dienone is 3. The Bertz CT molecular complexity index is 377. The number of carbonyl (C=O) groups is 1. The Balaban J connectivity index is 2.30. The van der Waals surface area contributed by atoms with Gasteiger partial charge in [0.2, 0.25) is 0 Å². The zero-order chi connectivity index (χ0) is 16.0. The summed E-state index contributed by atoms with van der Waals surface area (Å²) in [7, 11) is 1.71. The van der Waals surface area contributed by atoms with Crippen LogP contribution in [-0.4, -0.2) is 46.1 Å². The molecule has 0 radical (unpaired) electrons. The molecule has 0 aromatic heterocycles. The third kappa shape index (κ3) is 8.85. The zero-order valence-electron chi connectivity index (χ0n) is 13.9. The predicted molar refractivity (Wildman–Crippen MR) is 86.6 cm³/mol. The average Bonchev–Trinajstić information content (AvgIpc) is 2.52. The molecule has 0 saturated carbocycles. The summed E-state index contributed by atoms with van der Waals surface area (Å²) in [4.78, 5) is 11.7. The Morgan fingerprint density at radius 3 is 2.91 bits per heavy atom. The smallest absolute Gasteiger partial charge is 0.331 e. The molecule has 1 aliphatic carbocycles. The van der Waals surface area contributed by atoms with Crippen molar-refractivity contribution < 1.29 is 19.0 Å². The maximum Gasteiger partial charge on any atom is 0.331 e. The van der Waals surface area contributed by atoms with Crippen LogP contribution >= 0.6 is 0 Å². The van der Waals surface area contributed by atoms with E-state index in [0.29, 0.717) is 19.8 Å². The Hall–Kier alpha value is -1.33. The number of methoxy groups -OCH3 is 1. The third-order valence-electron chi connectivity index (χ3n) is 3.33. The molecule has 0 bridgehead atoms. The van der Waals surface area contributed by atoms with Gasteiger partial charge in [-0.3, -0.25) is 0 Å². The van der Waals surface area contributed by atoms with E-state index in [1.165, 1.54) is 5.70 Å². The fraction of sp³-hybridized carbons (Fsp3) is 0.706. The van der Waals surface area contributed by atoms with Crippen molar-refractivity contribution in [3.63, 3.8) is 0 Å². The van der Waals surface area contributed by atoms with Crippen LogP contribution in [0.15, 0.2) is 23.4 Å². The van der Waals surface area contributed by atoms with Crippen molar-refractivity contribution in [2.24, 2.45) is 0 Å². The van der Waals surface area contributed by atoms with Crippen LogP contribution in [0, 0.1) is 0 Å². The molecule has 5 heteroatoms. The van der Waals surface area contributed by atoms with Crippen molar-refractivity contribution in [3.8, 4) is 0 Å². The van der Waals surface area contributed by atoms with Gasteiger partial charge in [-0.15, -0.1) is 0 Å². The summed E-state index contributed by atoms with van der Waals surface area (Å²) in [5.41, 5.74) is 2.23. The first-order valence-electron chi connectivity index (χ1n) is 8.14. The van der Waals surface area contributed by atoms with Gasteiger partial charge in [-0.05, 0) is 44.3 Å². The van der Waals surface area contributed by atoms with E-state index in [0.717, 1.165) is 50.8 Å². The Labute approximate surface area is 133 Å². The number of carbonyl (C=O) groups excluding carboxylic acids is 1. The molecule has 0 atom stereocenters. The van der Waals surface area contributed by atoms with Gasteiger partial charge in [0.15, 0.2) is 0 Å². The quantitative estimate of drug-likeness (QED) is 0.361. The molecule has 0 heterocycles. The zero-order valence-corrected chi connectivity index (χ0v) is 13.9. The molecule has 1 aliphatic rings. The lowest BCUT2D eigenvalue weighted by atomic mass is 9.99. The number of esters is 1. The second kappa shape index (κ2) is 12.2. The monoisotopic (exact) mass is 311 g/mol. The second-order valence-corrected chi connectivity index (χ2v) is 5.23. The minimum atomic E-state index is -0.261. The molecule has 0 aromatic carbocycles. The number of hydrogen-bond donors (Lipinski definition) is 1. The number of ether oxygens (including phenoxy) is 3. The fourth-order valence-corrected chi connectivity index (χ4v) is 2.24. The summed E-state index contributed by atoms with van der Waals surface area (Å²) >= 11 is 0. The maximum atomic E-state index is 11.7. The van der Waals surface area contributed by atoms with E-state index in [4.69, 9.17) is 14.2 Å². The van der Waals surface area contributed by atoms with E-state index in [-0.39, 0.29) is 5.97 Å². The fourth-order valence-electron chi connectivity index (χ4n) is 2.24. The molecular weight excluding hydrogens is 282 g/mol. The Morgan fingerprint density at radius 2 is 2.14 bits per heavy atom. The Kier molecular flexibility index (Phi) is 10.4. The molecule has 1 N–H and O–H groups in total. The van der Waals surface area contributed by atoms with Gasteiger partial charge in [-0.1, -0.05) is 0 Å². The lowest BCUT2D eigenvalue weighted by Gasteiger charge is -2.17. The first-order valence-corrected chi connectivity index (χ1v) is 8.14. The molecule has 126 valence electrons. The van der Waals surface area contributed by atoms with Gasteiger partial charge in [0, 0.05) is 51.7 Å². The first-order chi connectivity index (χ1) is 10.8. The predicted octanol–water partition coefficient (Wildman–Crippen LogP) is 2.58. The van der Waals surface area contributed by atoms with Crippen LogP contribution in [0.2, 0.25) is 0 Å². The van der Waals surface area contributed by atoms with Crippen molar-refractivity contribution in [2.45, 2.75) is 39.0 Å². The van der Waals surface area contributed by atoms with Crippen LogP contribution in [0.4, 0.5) is 0 Å². The number of rotatable bonds is 11. The highest BCUT2D eigenvalue weighted by Gasteiger charge is 2.09. The number of hydrogen-bond acceptors (Lipinski definition) is 5. The van der Waals surface area contributed by atoms with Crippen molar-refractivity contribution >= 4 is 5.97 Å². The summed E-state index contributed by atoms with van der Waals surface area (Å²) in [5.74, 6) is -0.261. The van der Waals surface area contributed by atoms with Crippen molar-refractivity contribution in [3.05, 3.63) is 23.4 Å². The van der Waals surface area contributed by atoms with Crippen LogP contribution in [0.5, 0.6) is 0 Å². The highest BCUT2D eigenvalue weighted by atomic mass is 16.5. The van der Waals surface area contributed by atoms with E-state index in [1.807, 2.05) is 6.92 Å². The van der Waals surface area contributed by atoms with E-state index >= 15 is 0 Å². The van der Waals surface area contributed by atoms with Crippen molar-refractivity contribution in [1.82, 2.24) is 5.32 Å². The van der Waals surface area contributed by atoms with Gasteiger partial charge in [0.25, 0.3) is 0 Å². The minimum absolute atomic E-state index is 0.261. The minimum Gasteiger partial charge on any atom is -0.462 e. The maximum absolute atomic E-state index is 11.7. The lowest BCUT2D eigenvalue weighted by Crippen LogP contribution is -2.18. The van der Waals surface area contributed by atoms with E-state index in [9.17, 15) is 4.79 Å². The molecule has 0 unspecified atom stereocenters.